The normalized spacial score (nSPS) is 28.9. The molecule has 2 rings (SSSR count). The molecular formula is C16H29NO2. The van der Waals surface area contributed by atoms with E-state index in [0.29, 0.717) is 0 Å². The maximum absolute atomic E-state index is 12.0. The number of ether oxygens (including phenoxy) is 1. The van der Waals surface area contributed by atoms with Gasteiger partial charge in [-0.15, -0.1) is 0 Å². The van der Waals surface area contributed by atoms with Crippen LogP contribution in [-0.4, -0.2) is 29.7 Å². The summed E-state index contributed by atoms with van der Waals surface area (Å²) in [5.74, 6) is 2.76. The van der Waals surface area contributed by atoms with E-state index < -0.39 is 0 Å². The summed E-state index contributed by atoms with van der Waals surface area (Å²) < 4.78 is 5.43. The first-order valence-corrected chi connectivity index (χ1v) is 7.87. The third-order valence-electron chi connectivity index (χ3n) is 4.71. The molecule has 0 spiro atoms. The smallest absolute Gasteiger partial charge is 0.410 e. The van der Waals surface area contributed by atoms with Gasteiger partial charge in [0.05, 0.1) is 0 Å². The Balaban J connectivity index is 1.72. The van der Waals surface area contributed by atoms with Crippen LogP contribution in [0.15, 0.2) is 0 Å². The van der Waals surface area contributed by atoms with Crippen LogP contribution >= 0.6 is 0 Å². The number of hydrogen-bond acceptors (Lipinski definition) is 2. The van der Waals surface area contributed by atoms with Gasteiger partial charge in [-0.25, -0.2) is 4.79 Å². The third kappa shape index (κ3) is 3.87. The van der Waals surface area contributed by atoms with E-state index in [1.54, 1.807) is 0 Å². The summed E-state index contributed by atoms with van der Waals surface area (Å²) in [6.45, 7) is 9.84. The second-order valence-corrected chi connectivity index (χ2v) is 7.31. The molecule has 2 fully saturated rings. The van der Waals surface area contributed by atoms with E-state index in [9.17, 15) is 4.79 Å². The molecule has 0 radical (unpaired) electrons. The maximum atomic E-state index is 12.0. The van der Waals surface area contributed by atoms with Crippen molar-refractivity contribution in [1.29, 1.82) is 0 Å². The molecule has 0 aromatic heterocycles. The van der Waals surface area contributed by atoms with Crippen molar-refractivity contribution in [2.24, 2.45) is 17.8 Å². The number of amides is 1. The number of likely N-dealkylation sites (tertiary alicyclic amines) is 1. The van der Waals surface area contributed by atoms with E-state index in [0.717, 1.165) is 30.8 Å². The van der Waals surface area contributed by atoms with Crippen LogP contribution in [0.4, 0.5) is 4.79 Å². The first-order chi connectivity index (χ1) is 8.89. The summed E-state index contributed by atoms with van der Waals surface area (Å²) in [6, 6.07) is 0. The number of carbonyl (C=O) groups is 1. The molecule has 1 amide bonds. The van der Waals surface area contributed by atoms with Crippen LogP contribution in [0.1, 0.15) is 59.8 Å². The lowest BCUT2D eigenvalue weighted by Crippen LogP contribution is -2.44. The van der Waals surface area contributed by atoms with Crippen LogP contribution in [0.25, 0.3) is 0 Å². The van der Waals surface area contributed by atoms with Gasteiger partial charge in [0.15, 0.2) is 0 Å². The molecule has 0 aromatic rings. The molecule has 1 saturated carbocycles. The van der Waals surface area contributed by atoms with E-state index >= 15 is 0 Å². The molecule has 1 heterocycles. The summed E-state index contributed by atoms with van der Waals surface area (Å²) in [4.78, 5) is 13.9. The molecule has 0 atom stereocenters. The molecule has 0 bridgehead atoms. The van der Waals surface area contributed by atoms with Gasteiger partial charge >= 0.3 is 6.09 Å². The number of hydrogen-bond donors (Lipinski definition) is 0. The average molecular weight is 267 g/mol. The minimum Gasteiger partial charge on any atom is -0.444 e. The predicted molar refractivity (Wildman–Crippen MR) is 77.0 cm³/mol. The van der Waals surface area contributed by atoms with Gasteiger partial charge in [0.25, 0.3) is 0 Å². The van der Waals surface area contributed by atoms with Crippen molar-refractivity contribution in [1.82, 2.24) is 4.90 Å². The standard InChI is InChI=1S/C16H29NO2/c1-5-12-10-14(11-12)13-6-8-17(9-7-13)15(18)19-16(2,3)4/h12-14H,5-11H2,1-4H3. The van der Waals surface area contributed by atoms with Crippen LogP contribution < -0.4 is 0 Å². The molecule has 0 unspecified atom stereocenters. The van der Waals surface area contributed by atoms with Gasteiger partial charge in [0.2, 0.25) is 0 Å². The molecule has 3 nitrogen and oxygen atoms in total. The van der Waals surface area contributed by atoms with Crippen LogP contribution in [0.2, 0.25) is 0 Å². The second kappa shape index (κ2) is 5.72. The van der Waals surface area contributed by atoms with E-state index in [1.807, 2.05) is 25.7 Å². The second-order valence-electron chi connectivity index (χ2n) is 7.31. The number of carbonyl (C=O) groups excluding carboxylic acids is 1. The minimum atomic E-state index is -0.379. The topological polar surface area (TPSA) is 29.5 Å². The van der Waals surface area contributed by atoms with Gasteiger partial charge < -0.3 is 9.64 Å². The Kier molecular flexibility index (Phi) is 4.42. The Hall–Kier alpha value is -0.730. The van der Waals surface area contributed by atoms with Crippen molar-refractivity contribution < 1.29 is 9.53 Å². The number of rotatable bonds is 2. The summed E-state index contributed by atoms with van der Waals surface area (Å²) >= 11 is 0. The Labute approximate surface area is 117 Å². The van der Waals surface area contributed by atoms with E-state index in [4.69, 9.17) is 4.74 Å². The van der Waals surface area contributed by atoms with Gasteiger partial charge in [-0.2, -0.15) is 0 Å². The highest BCUT2D eigenvalue weighted by Gasteiger charge is 2.36. The first-order valence-electron chi connectivity index (χ1n) is 7.87. The Bertz CT molecular complexity index is 307. The predicted octanol–water partition coefficient (Wildman–Crippen LogP) is 4.07. The Morgan fingerprint density at radius 2 is 1.74 bits per heavy atom. The zero-order chi connectivity index (χ0) is 14.0. The van der Waals surface area contributed by atoms with Crippen LogP contribution in [0.5, 0.6) is 0 Å². The molecule has 1 aliphatic heterocycles. The summed E-state index contributed by atoms with van der Waals surface area (Å²) in [5.41, 5.74) is -0.379. The lowest BCUT2D eigenvalue weighted by Gasteiger charge is -2.43. The van der Waals surface area contributed by atoms with Crippen LogP contribution in [0.3, 0.4) is 0 Å². The molecule has 2 aliphatic rings. The van der Waals surface area contributed by atoms with Crippen molar-refractivity contribution in [3.8, 4) is 0 Å². The quantitative estimate of drug-likeness (QED) is 0.754. The van der Waals surface area contributed by atoms with Crippen molar-refractivity contribution in [3.63, 3.8) is 0 Å². The zero-order valence-corrected chi connectivity index (χ0v) is 12.9. The molecule has 1 saturated heterocycles. The van der Waals surface area contributed by atoms with Gasteiger partial charge in [0, 0.05) is 13.1 Å². The molecule has 0 aromatic carbocycles. The van der Waals surface area contributed by atoms with Crippen molar-refractivity contribution >= 4 is 6.09 Å². The monoisotopic (exact) mass is 267 g/mol. The van der Waals surface area contributed by atoms with Crippen molar-refractivity contribution in [3.05, 3.63) is 0 Å². The summed E-state index contributed by atoms with van der Waals surface area (Å²) in [5, 5.41) is 0. The molecular weight excluding hydrogens is 238 g/mol. The van der Waals surface area contributed by atoms with E-state index in [-0.39, 0.29) is 11.7 Å². The van der Waals surface area contributed by atoms with Gasteiger partial charge in [-0.3, -0.25) is 0 Å². The fraction of sp³-hybridized carbons (Fsp3) is 0.938. The van der Waals surface area contributed by atoms with Gasteiger partial charge in [-0.05, 0) is 64.2 Å². The first kappa shape index (κ1) is 14.7. The average Bonchev–Trinajstić information content (AvgIpc) is 2.26. The molecule has 1 aliphatic carbocycles. The van der Waals surface area contributed by atoms with E-state index in [1.165, 1.54) is 32.1 Å². The van der Waals surface area contributed by atoms with Crippen molar-refractivity contribution in [2.75, 3.05) is 13.1 Å². The molecule has 110 valence electrons. The highest BCUT2D eigenvalue weighted by Crippen LogP contribution is 2.44. The largest absolute Gasteiger partial charge is 0.444 e. The summed E-state index contributed by atoms with van der Waals surface area (Å²) in [6.07, 6.45) is 6.39. The SMILES string of the molecule is CCC1CC(C2CCN(C(=O)OC(C)(C)C)CC2)C1. The fourth-order valence-electron chi connectivity index (χ4n) is 3.39. The van der Waals surface area contributed by atoms with Crippen LogP contribution in [-0.2, 0) is 4.74 Å². The highest BCUT2D eigenvalue weighted by atomic mass is 16.6. The third-order valence-corrected chi connectivity index (χ3v) is 4.71. The molecule has 0 N–H and O–H groups in total. The lowest BCUT2D eigenvalue weighted by atomic mass is 9.65. The highest BCUT2D eigenvalue weighted by molar-refractivity contribution is 5.68. The van der Waals surface area contributed by atoms with Gasteiger partial charge in [0.1, 0.15) is 5.60 Å². The fourth-order valence-corrected chi connectivity index (χ4v) is 3.39. The summed E-state index contributed by atoms with van der Waals surface area (Å²) in [7, 11) is 0. The Morgan fingerprint density at radius 3 is 2.21 bits per heavy atom. The molecule has 3 heteroatoms. The van der Waals surface area contributed by atoms with Crippen molar-refractivity contribution in [2.45, 2.75) is 65.4 Å². The lowest BCUT2D eigenvalue weighted by molar-refractivity contribution is 0.00927. The van der Waals surface area contributed by atoms with Crippen LogP contribution in [0, 0.1) is 17.8 Å². The van der Waals surface area contributed by atoms with E-state index in [2.05, 4.69) is 6.92 Å². The van der Waals surface area contributed by atoms with Gasteiger partial charge in [-0.1, -0.05) is 13.3 Å². The zero-order valence-electron chi connectivity index (χ0n) is 12.9. The number of nitrogens with zero attached hydrogens (tertiary/aromatic N) is 1. The minimum absolute atomic E-state index is 0.133. The molecule has 19 heavy (non-hydrogen) atoms. The number of piperidine rings is 1. The maximum Gasteiger partial charge on any atom is 0.410 e. The Morgan fingerprint density at radius 1 is 1.16 bits per heavy atom.